The van der Waals surface area contributed by atoms with E-state index in [0.717, 1.165) is 36.4 Å². The van der Waals surface area contributed by atoms with Crippen molar-refractivity contribution < 1.29 is 14.6 Å². The minimum Gasteiger partial charge on any atom is -0.493 e. The van der Waals surface area contributed by atoms with Crippen LogP contribution in [0.5, 0.6) is 17.4 Å². The van der Waals surface area contributed by atoms with Gasteiger partial charge in [0.15, 0.2) is 11.5 Å². The van der Waals surface area contributed by atoms with E-state index in [2.05, 4.69) is 15.0 Å². The van der Waals surface area contributed by atoms with E-state index in [1.807, 2.05) is 25.1 Å². The molecule has 1 N–H and O–H groups in total. The number of likely N-dealkylation sites (tertiary alicyclic amines) is 1. The van der Waals surface area contributed by atoms with E-state index in [1.165, 1.54) is 22.3 Å². The molecule has 27 heavy (non-hydrogen) atoms. The second kappa shape index (κ2) is 7.36. The largest absolute Gasteiger partial charge is 0.493 e. The average Bonchev–Trinajstić information content (AvgIpc) is 3.20. The number of aromatic nitrogens is 3. The Bertz CT molecular complexity index is 946. The predicted octanol–water partition coefficient (Wildman–Crippen LogP) is 3.40. The molecule has 2 aromatic heterocycles. The molecular weight excluding hydrogens is 364 g/mol. The Labute approximate surface area is 162 Å². The topological polar surface area (TPSA) is 72.1 Å². The van der Waals surface area contributed by atoms with Crippen LogP contribution in [0.3, 0.4) is 0 Å². The lowest BCUT2D eigenvalue weighted by Crippen LogP contribution is -2.34. The monoisotopic (exact) mass is 388 g/mol. The zero-order valence-corrected chi connectivity index (χ0v) is 16.6. The smallest absolute Gasteiger partial charge is 0.230 e. The van der Waals surface area contributed by atoms with Gasteiger partial charge in [-0.2, -0.15) is 4.52 Å². The number of rotatable bonds is 5. The fraction of sp³-hybridized carbons (Fsp3) is 0.474. The van der Waals surface area contributed by atoms with Gasteiger partial charge in [-0.1, -0.05) is 29.9 Å². The van der Waals surface area contributed by atoms with Crippen molar-refractivity contribution in [3.05, 3.63) is 34.5 Å². The van der Waals surface area contributed by atoms with Crippen LogP contribution in [0.15, 0.2) is 18.2 Å². The Morgan fingerprint density at radius 2 is 1.93 bits per heavy atom. The zero-order valence-electron chi connectivity index (χ0n) is 15.8. The van der Waals surface area contributed by atoms with Gasteiger partial charge < -0.3 is 14.6 Å². The number of ether oxygens (including phenoxy) is 2. The number of nitrogens with zero attached hydrogens (tertiary/aromatic N) is 4. The predicted molar refractivity (Wildman–Crippen MR) is 104 cm³/mol. The molecule has 144 valence electrons. The molecule has 1 fully saturated rings. The van der Waals surface area contributed by atoms with Gasteiger partial charge in [0.2, 0.25) is 10.8 Å². The van der Waals surface area contributed by atoms with Crippen LogP contribution in [0, 0.1) is 6.92 Å². The highest BCUT2D eigenvalue weighted by atomic mass is 32.1. The SMILES string of the molecule is COc1cccc([C@H](c2sc3nc(C)nn3c2O)N2CCCCC2)c1OC. The molecule has 0 aliphatic carbocycles. The van der Waals surface area contributed by atoms with Gasteiger partial charge in [0.05, 0.1) is 25.1 Å². The summed E-state index contributed by atoms with van der Waals surface area (Å²) in [6.07, 6.45) is 3.52. The summed E-state index contributed by atoms with van der Waals surface area (Å²) in [4.78, 5) is 8.36. The summed E-state index contributed by atoms with van der Waals surface area (Å²) in [5.74, 6) is 2.18. The summed E-state index contributed by atoms with van der Waals surface area (Å²) in [7, 11) is 3.29. The van der Waals surface area contributed by atoms with Crippen molar-refractivity contribution >= 4 is 16.3 Å². The molecule has 0 saturated carbocycles. The van der Waals surface area contributed by atoms with Crippen LogP contribution in [-0.4, -0.2) is 51.9 Å². The molecule has 1 aliphatic rings. The number of benzene rings is 1. The first kappa shape index (κ1) is 18.1. The molecule has 1 aliphatic heterocycles. The van der Waals surface area contributed by atoms with Gasteiger partial charge in [-0.3, -0.25) is 4.90 Å². The first-order chi connectivity index (χ1) is 13.1. The van der Waals surface area contributed by atoms with E-state index in [4.69, 9.17) is 9.47 Å². The summed E-state index contributed by atoms with van der Waals surface area (Å²) < 4.78 is 12.7. The third-order valence-corrected chi connectivity index (χ3v) is 6.11. The Kier molecular flexibility index (Phi) is 4.92. The Hall–Kier alpha value is -2.32. The van der Waals surface area contributed by atoms with E-state index in [1.54, 1.807) is 14.2 Å². The molecule has 3 aromatic rings. The van der Waals surface area contributed by atoms with Crippen molar-refractivity contribution in [3.8, 4) is 17.4 Å². The molecule has 0 bridgehead atoms. The molecule has 7 nitrogen and oxygen atoms in total. The fourth-order valence-electron chi connectivity index (χ4n) is 3.83. The Morgan fingerprint density at radius 1 is 1.15 bits per heavy atom. The Balaban J connectivity index is 1.89. The molecule has 3 heterocycles. The molecule has 1 atom stereocenters. The number of aryl methyl sites for hydroxylation is 1. The third-order valence-electron chi connectivity index (χ3n) is 5.04. The summed E-state index contributed by atoms with van der Waals surface area (Å²) in [5.41, 5.74) is 0.982. The standard InChI is InChI=1S/C19H24N4O3S/c1-12-20-19-23(21-12)18(24)17(27-19)15(22-10-5-4-6-11-22)13-8-7-9-14(25-2)16(13)26-3/h7-9,15,24H,4-6,10-11H2,1-3H3/t15-/m1/s1. The molecule has 0 spiro atoms. The van der Waals surface area contributed by atoms with Gasteiger partial charge in [-0.15, -0.1) is 5.10 Å². The van der Waals surface area contributed by atoms with Crippen LogP contribution in [0.1, 0.15) is 41.6 Å². The number of para-hydroxylation sites is 1. The molecular formula is C19H24N4O3S. The summed E-state index contributed by atoms with van der Waals surface area (Å²) >= 11 is 1.48. The number of thiazole rings is 1. The number of hydrogen-bond acceptors (Lipinski definition) is 7. The quantitative estimate of drug-likeness (QED) is 0.722. The highest BCUT2D eigenvalue weighted by Gasteiger charge is 2.33. The minimum absolute atomic E-state index is 0.135. The maximum atomic E-state index is 10.9. The van der Waals surface area contributed by atoms with Gasteiger partial charge in [-0.25, -0.2) is 4.98 Å². The van der Waals surface area contributed by atoms with Gasteiger partial charge in [0, 0.05) is 5.56 Å². The molecule has 4 rings (SSSR count). The summed E-state index contributed by atoms with van der Waals surface area (Å²) in [5, 5.41) is 15.2. The van der Waals surface area contributed by atoms with E-state index in [0.29, 0.717) is 22.3 Å². The highest BCUT2D eigenvalue weighted by Crippen LogP contribution is 2.45. The normalized spacial score (nSPS) is 16.6. The lowest BCUT2D eigenvalue weighted by atomic mass is 9.99. The van der Waals surface area contributed by atoms with E-state index >= 15 is 0 Å². The van der Waals surface area contributed by atoms with Crippen LogP contribution in [0.25, 0.3) is 4.96 Å². The zero-order chi connectivity index (χ0) is 19.0. The molecule has 0 unspecified atom stereocenters. The molecule has 1 aromatic carbocycles. The van der Waals surface area contributed by atoms with Crippen LogP contribution >= 0.6 is 11.3 Å². The molecule has 0 radical (unpaired) electrons. The maximum Gasteiger partial charge on any atom is 0.230 e. The van der Waals surface area contributed by atoms with Gasteiger partial charge in [-0.05, 0) is 38.9 Å². The molecule has 0 amide bonds. The van der Waals surface area contributed by atoms with Crippen molar-refractivity contribution in [1.29, 1.82) is 0 Å². The van der Waals surface area contributed by atoms with Crippen LogP contribution < -0.4 is 9.47 Å². The summed E-state index contributed by atoms with van der Waals surface area (Å²) in [6, 6.07) is 5.76. The summed E-state index contributed by atoms with van der Waals surface area (Å²) in [6.45, 7) is 3.76. The van der Waals surface area contributed by atoms with Crippen molar-refractivity contribution in [2.45, 2.75) is 32.2 Å². The number of fused-ring (bicyclic) bond motifs is 1. The number of methoxy groups -OCH3 is 2. The van der Waals surface area contributed by atoms with Crippen LogP contribution in [0.4, 0.5) is 0 Å². The van der Waals surface area contributed by atoms with Gasteiger partial charge >= 0.3 is 0 Å². The lowest BCUT2D eigenvalue weighted by molar-refractivity contribution is 0.183. The maximum absolute atomic E-state index is 10.9. The Morgan fingerprint density at radius 3 is 2.59 bits per heavy atom. The minimum atomic E-state index is -0.135. The van der Waals surface area contributed by atoms with Crippen molar-refractivity contribution in [2.75, 3.05) is 27.3 Å². The second-order valence-electron chi connectivity index (χ2n) is 6.73. The number of aromatic hydroxyl groups is 1. The second-order valence-corrected chi connectivity index (χ2v) is 7.73. The van der Waals surface area contributed by atoms with Gasteiger partial charge in [0.25, 0.3) is 0 Å². The first-order valence-corrected chi connectivity index (χ1v) is 9.95. The fourth-order valence-corrected chi connectivity index (χ4v) is 4.99. The van der Waals surface area contributed by atoms with Crippen LogP contribution in [-0.2, 0) is 0 Å². The van der Waals surface area contributed by atoms with Crippen LogP contribution in [0.2, 0.25) is 0 Å². The highest BCUT2D eigenvalue weighted by molar-refractivity contribution is 7.17. The first-order valence-electron chi connectivity index (χ1n) is 9.14. The van der Waals surface area contributed by atoms with Crippen molar-refractivity contribution in [2.24, 2.45) is 0 Å². The number of hydrogen-bond donors (Lipinski definition) is 1. The van der Waals surface area contributed by atoms with E-state index in [-0.39, 0.29) is 11.9 Å². The third kappa shape index (κ3) is 3.12. The molecule has 8 heteroatoms. The van der Waals surface area contributed by atoms with Crippen molar-refractivity contribution in [1.82, 2.24) is 19.5 Å². The van der Waals surface area contributed by atoms with E-state index in [9.17, 15) is 5.11 Å². The number of piperidine rings is 1. The van der Waals surface area contributed by atoms with Crippen molar-refractivity contribution in [3.63, 3.8) is 0 Å². The molecule has 1 saturated heterocycles. The van der Waals surface area contributed by atoms with Gasteiger partial charge in [0.1, 0.15) is 5.82 Å². The van der Waals surface area contributed by atoms with E-state index < -0.39 is 0 Å². The lowest BCUT2D eigenvalue weighted by Gasteiger charge is -2.35. The average molecular weight is 388 g/mol.